The van der Waals surface area contributed by atoms with Crippen molar-refractivity contribution in [3.8, 4) is 11.8 Å². The van der Waals surface area contributed by atoms with Crippen LogP contribution in [-0.2, 0) is 4.74 Å². The summed E-state index contributed by atoms with van der Waals surface area (Å²) in [6, 6.07) is 5.03. The van der Waals surface area contributed by atoms with Crippen LogP contribution in [0.3, 0.4) is 0 Å². The first-order valence-corrected chi connectivity index (χ1v) is 7.96. The van der Waals surface area contributed by atoms with E-state index in [1.165, 1.54) is 18.5 Å². The Morgan fingerprint density at radius 3 is 2.79 bits per heavy atom. The molecule has 0 spiro atoms. The molecule has 11 heteroatoms. The highest BCUT2D eigenvalue weighted by Crippen LogP contribution is 2.25. The van der Waals surface area contributed by atoms with Gasteiger partial charge in [0.15, 0.2) is 11.6 Å². The van der Waals surface area contributed by atoms with Crippen LogP contribution in [0.25, 0.3) is 0 Å². The first-order chi connectivity index (χ1) is 13.4. The molecule has 1 heterocycles. The molecule has 0 bridgehead atoms. The summed E-state index contributed by atoms with van der Waals surface area (Å²) >= 11 is 0. The Kier molecular flexibility index (Phi) is 7.69. The van der Waals surface area contributed by atoms with Crippen molar-refractivity contribution in [1.29, 1.82) is 0 Å². The smallest absolute Gasteiger partial charge is 0.387 e. The van der Waals surface area contributed by atoms with E-state index < -0.39 is 18.2 Å². The van der Waals surface area contributed by atoms with Crippen molar-refractivity contribution >= 4 is 17.6 Å². The molecular formula is C17H18F3N5O3. The fourth-order valence-corrected chi connectivity index (χ4v) is 1.92. The normalized spacial score (nSPS) is 13.1. The predicted octanol–water partition coefficient (Wildman–Crippen LogP) is 3.02. The molecule has 0 aliphatic rings. The third-order valence-electron chi connectivity index (χ3n) is 3.43. The molecule has 0 amide bonds. The SMILES string of the molecule is COC(C)c1ccnc(OCC(C=Nc2ccc(F)c(OC(F)F)c2)=NN)n1. The second kappa shape index (κ2) is 10.2. The lowest BCUT2D eigenvalue weighted by atomic mass is 10.3. The van der Waals surface area contributed by atoms with Gasteiger partial charge in [-0.05, 0) is 25.1 Å². The second-order valence-electron chi connectivity index (χ2n) is 5.30. The summed E-state index contributed by atoms with van der Waals surface area (Å²) in [4.78, 5) is 12.1. The Morgan fingerprint density at radius 1 is 1.32 bits per heavy atom. The lowest BCUT2D eigenvalue weighted by molar-refractivity contribution is -0.0521. The number of halogens is 3. The lowest BCUT2D eigenvalue weighted by Crippen LogP contribution is -2.16. The molecule has 0 saturated carbocycles. The Labute approximate surface area is 158 Å². The Bertz CT molecular complexity index is 849. The minimum atomic E-state index is -3.15. The van der Waals surface area contributed by atoms with Crippen LogP contribution in [0.1, 0.15) is 18.7 Å². The number of benzene rings is 1. The Balaban J connectivity index is 2.03. The fourth-order valence-electron chi connectivity index (χ4n) is 1.92. The van der Waals surface area contributed by atoms with Gasteiger partial charge in [-0.2, -0.15) is 18.9 Å². The highest BCUT2D eigenvalue weighted by molar-refractivity contribution is 6.31. The maximum Gasteiger partial charge on any atom is 0.387 e. The predicted molar refractivity (Wildman–Crippen MR) is 95.8 cm³/mol. The molecule has 2 N–H and O–H groups in total. The molecule has 1 aromatic heterocycles. The highest BCUT2D eigenvalue weighted by atomic mass is 19.3. The van der Waals surface area contributed by atoms with E-state index in [-0.39, 0.29) is 30.1 Å². The van der Waals surface area contributed by atoms with Crippen molar-refractivity contribution in [2.75, 3.05) is 13.7 Å². The number of nitrogens with zero attached hydrogens (tertiary/aromatic N) is 4. The molecule has 2 rings (SSSR count). The molecule has 0 aliphatic carbocycles. The summed E-state index contributed by atoms with van der Waals surface area (Å²) in [7, 11) is 1.55. The van der Waals surface area contributed by atoms with E-state index in [0.29, 0.717) is 5.69 Å². The zero-order valence-corrected chi connectivity index (χ0v) is 15.1. The molecule has 28 heavy (non-hydrogen) atoms. The number of aromatic nitrogens is 2. The van der Waals surface area contributed by atoms with Crippen molar-refractivity contribution in [3.63, 3.8) is 0 Å². The van der Waals surface area contributed by atoms with Gasteiger partial charge in [-0.15, -0.1) is 0 Å². The largest absolute Gasteiger partial charge is 0.457 e. The maximum atomic E-state index is 13.4. The van der Waals surface area contributed by atoms with Crippen LogP contribution in [0.15, 0.2) is 40.6 Å². The van der Waals surface area contributed by atoms with E-state index in [1.807, 2.05) is 6.92 Å². The average molecular weight is 397 g/mol. The van der Waals surface area contributed by atoms with Gasteiger partial charge in [0.25, 0.3) is 0 Å². The topological polar surface area (TPSA) is 104 Å². The van der Waals surface area contributed by atoms with Gasteiger partial charge in [0.05, 0.1) is 23.7 Å². The minimum absolute atomic E-state index is 0.0883. The summed E-state index contributed by atoms with van der Waals surface area (Å²) in [6.07, 6.45) is 2.52. The van der Waals surface area contributed by atoms with Crippen LogP contribution in [0.4, 0.5) is 18.9 Å². The molecule has 150 valence electrons. The van der Waals surface area contributed by atoms with Crippen molar-refractivity contribution in [2.24, 2.45) is 15.9 Å². The maximum absolute atomic E-state index is 13.4. The van der Waals surface area contributed by atoms with E-state index in [2.05, 4.69) is 24.8 Å². The summed E-state index contributed by atoms with van der Waals surface area (Å²) < 4.78 is 52.6. The number of hydrogen-bond acceptors (Lipinski definition) is 8. The molecule has 1 unspecified atom stereocenters. The van der Waals surface area contributed by atoms with E-state index in [4.69, 9.17) is 15.3 Å². The molecule has 1 atom stereocenters. The van der Waals surface area contributed by atoms with E-state index in [0.717, 1.165) is 12.1 Å². The highest BCUT2D eigenvalue weighted by Gasteiger charge is 2.11. The van der Waals surface area contributed by atoms with Crippen LogP contribution in [0.2, 0.25) is 0 Å². The monoisotopic (exact) mass is 397 g/mol. The number of hydrazone groups is 1. The summed E-state index contributed by atoms with van der Waals surface area (Å²) in [6.45, 7) is -1.44. The molecule has 0 fully saturated rings. The lowest BCUT2D eigenvalue weighted by Gasteiger charge is -2.10. The number of methoxy groups -OCH3 is 1. The van der Waals surface area contributed by atoms with Crippen LogP contribution >= 0.6 is 0 Å². The van der Waals surface area contributed by atoms with Crippen LogP contribution in [-0.4, -0.2) is 42.2 Å². The molecule has 0 radical (unpaired) electrons. The first-order valence-electron chi connectivity index (χ1n) is 7.96. The van der Waals surface area contributed by atoms with Crippen molar-refractivity contribution in [3.05, 3.63) is 42.0 Å². The number of hydrogen-bond donors (Lipinski definition) is 1. The van der Waals surface area contributed by atoms with E-state index >= 15 is 0 Å². The van der Waals surface area contributed by atoms with Crippen LogP contribution in [0.5, 0.6) is 11.8 Å². The van der Waals surface area contributed by atoms with Gasteiger partial charge in [0, 0.05) is 19.4 Å². The first kappa shape index (κ1) is 21.1. The average Bonchev–Trinajstić information content (AvgIpc) is 2.69. The Morgan fingerprint density at radius 2 is 2.11 bits per heavy atom. The van der Waals surface area contributed by atoms with Gasteiger partial charge in [-0.3, -0.25) is 4.99 Å². The molecular weight excluding hydrogens is 379 g/mol. The number of nitrogens with two attached hydrogens (primary N) is 1. The van der Waals surface area contributed by atoms with Gasteiger partial charge in [-0.1, -0.05) is 0 Å². The standard InChI is InChI=1S/C17H18F3N5O3/c1-10(26-2)14-5-6-22-17(24-14)27-9-12(25-21)8-23-11-3-4-13(18)15(7-11)28-16(19)20/h3-8,10,16H,9,21H2,1-2H3. The van der Waals surface area contributed by atoms with Gasteiger partial charge >= 0.3 is 12.6 Å². The van der Waals surface area contributed by atoms with Gasteiger partial charge < -0.3 is 20.1 Å². The quantitative estimate of drug-likeness (QED) is 0.396. The van der Waals surface area contributed by atoms with Crippen LogP contribution in [0, 0.1) is 5.82 Å². The van der Waals surface area contributed by atoms with Gasteiger partial charge in [0.1, 0.15) is 12.3 Å². The van der Waals surface area contributed by atoms with Crippen molar-refractivity contribution < 1.29 is 27.4 Å². The van der Waals surface area contributed by atoms with Crippen molar-refractivity contribution in [2.45, 2.75) is 19.6 Å². The third kappa shape index (κ3) is 6.20. The summed E-state index contributed by atoms with van der Waals surface area (Å²) in [5, 5.41) is 3.52. The zero-order valence-electron chi connectivity index (χ0n) is 15.1. The Hall–Kier alpha value is -3.21. The third-order valence-corrected chi connectivity index (χ3v) is 3.43. The van der Waals surface area contributed by atoms with Gasteiger partial charge in [0.2, 0.25) is 0 Å². The number of ether oxygens (including phenoxy) is 3. The number of rotatable bonds is 9. The van der Waals surface area contributed by atoms with Crippen molar-refractivity contribution in [1.82, 2.24) is 9.97 Å². The minimum Gasteiger partial charge on any atom is -0.457 e. The van der Waals surface area contributed by atoms with E-state index in [9.17, 15) is 13.2 Å². The molecule has 2 aromatic rings. The molecule has 1 aromatic carbocycles. The molecule has 0 aliphatic heterocycles. The summed E-state index contributed by atoms with van der Waals surface area (Å²) in [5.41, 5.74) is 0.991. The molecule has 8 nitrogen and oxygen atoms in total. The number of aliphatic imine (C=N–C) groups is 1. The summed E-state index contributed by atoms with van der Waals surface area (Å²) in [5.74, 6) is 3.74. The molecule has 0 saturated heterocycles. The zero-order chi connectivity index (χ0) is 20.5. The van der Waals surface area contributed by atoms with E-state index in [1.54, 1.807) is 13.2 Å². The van der Waals surface area contributed by atoms with Gasteiger partial charge in [-0.25, -0.2) is 9.37 Å². The second-order valence-corrected chi connectivity index (χ2v) is 5.30. The van der Waals surface area contributed by atoms with Crippen LogP contribution < -0.4 is 15.3 Å². The number of alkyl halides is 2. The fraction of sp³-hybridized carbons (Fsp3) is 0.294.